The van der Waals surface area contributed by atoms with E-state index in [0.29, 0.717) is 5.95 Å². The average Bonchev–Trinajstić information content (AvgIpc) is 2.83. The van der Waals surface area contributed by atoms with E-state index in [9.17, 15) is 0 Å². The van der Waals surface area contributed by atoms with Crippen molar-refractivity contribution in [1.29, 1.82) is 0 Å². The molecule has 2 N–H and O–H groups in total. The number of fused-ring (bicyclic) bond motifs is 1. The van der Waals surface area contributed by atoms with E-state index >= 15 is 0 Å². The zero-order chi connectivity index (χ0) is 13.9. The van der Waals surface area contributed by atoms with Crippen LogP contribution in [0.4, 0.5) is 5.95 Å². The number of benzene rings is 2. The molecule has 0 atom stereocenters. The van der Waals surface area contributed by atoms with E-state index < -0.39 is 0 Å². The van der Waals surface area contributed by atoms with Gasteiger partial charge < -0.3 is 4.98 Å². The zero-order valence-electron chi connectivity index (χ0n) is 10.9. The van der Waals surface area contributed by atoms with Crippen molar-refractivity contribution in [3.63, 3.8) is 0 Å². The Balaban J connectivity index is 1.74. The SMILES string of the molecule is Cc1ccc2nc(N/N=C\c3ccc(Br)cc3)[nH]c2c1. The standard InChI is InChI=1S/C15H13BrN4/c1-10-2-7-13-14(8-10)19-15(18-13)20-17-9-11-3-5-12(16)6-4-11/h2-9H,1H3,(H2,18,19,20)/b17-9-. The van der Waals surface area contributed by atoms with Gasteiger partial charge in [0.25, 0.3) is 0 Å². The van der Waals surface area contributed by atoms with E-state index in [1.54, 1.807) is 6.21 Å². The monoisotopic (exact) mass is 328 g/mol. The van der Waals surface area contributed by atoms with Gasteiger partial charge in [0.05, 0.1) is 17.2 Å². The van der Waals surface area contributed by atoms with Crippen LogP contribution in [0.1, 0.15) is 11.1 Å². The van der Waals surface area contributed by atoms with E-state index in [4.69, 9.17) is 0 Å². The van der Waals surface area contributed by atoms with Crippen molar-refractivity contribution in [2.75, 3.05) is 5.43 Å². The fourth-order valence-electron chi connectivity index (χ4n) is 1.89. The Hall–Kier alpha value is -2.14. The first kappa shape index (κ1) is 12.9. The van der Waals surface area contributed by atoms with Crippen LogP contribution in [0.2, 0.25) is 0 Å². The molecule has 4 nitrogen and oxygen atoms in total. The molecule has 0 radical (unpaired) electrons. The van der Waals surface area contributed by atoms with E-state index in [1.165, 1.54) is 5.56 Å². The lowest BCUT2D eigenvalue weighted by Gasteiger charge is -1.95. The molecule has 0 fully saturated rings. The highest BCUT2D eigenvalue weighted by atomic mass is 79.9. The maximum absolute atomic E-state index is 4.41. The van der Waals surface area contributed by atoms with Crippen LogP contribution in [0, 0.1) is 6.92 Å². The molecule has 3 aromatic rings. The number of aromatic amines is 1. The third-order valence-electron chi connectivity index (χ3n) is 2.89. The predicted octanol–water partition coefficient (Wildman–Crippen LogP) is 4.08. The number of hydrogen-bond acceptors (Lipinski definition) is 3. The topological polar surface area (TPSA) is 53.1 Å². The molecule has 5 heteroatoms. The molecular weight excluding hydrogens is 316 g/mol. The van der Waals surface area contributed by atoms with Gasteiger partial charge in [0.2, 0.25) is 5.95 Å². The van der Waals surface area contributed by atoms with Crippen LogP contribution in [0.3, 0.4) is 0 Å². The summed E-state index contributed by atoms with van der Waals surface area (Å²) in [6, 6.07) is 14.0. The number of hydrogen-bond donors (Lipinski definition) is 2. The number of anilines is 1. The second-order valence-corrected chi connectivity index (χ2v) is 5.44. The van der Waals surface area contributed by atoms with Gasteiger partial charge in [0.15, 0.2) is 0 Å². The van der Waals surface area contributed by atoms with Crippen LogP contribution >= 0.6 is 15.9 Å². The second-order valence-electron chi connectivity index (χ2n) is 4.53. The Bertz CT molecular complexity index is 759. The van der Waals surface area contributed by atoms with Crippen molar-refractivity contribution < 1.29 is 0 Å². The first-order chi connectivity index (χ1) is 9.70. The molecule has 0 aliphatic carbocycles. The molecule has 0 aliphatic heterocycles. The van der Waals surface area contributed by atoms with E-state index in [0.717, 1.165) is 21.1 Å². The van der Waals surface area contributed by atoms with Gasteiger partial charge in [-0.05, 0) is 42.3 Å². The minimum absolute atomic E-state index is 0.638. The summed E-state index contributed by atoms with van der Waals surface area (Å²) >= 11 is 3.40. The lowest BCUT2D eigenvalue weighted by Crippen LogP contribution is -1.92. The van der Waals surface area contributed by atoms with Gasteiger partial charge >= 0.3 is 0 Å². The van der Waals surface area contributed by atoms with E-state index in [-0.39, 0.29) is 0 Å². The fraction of sp³-hybridized carbons (Fsp3) is 0.0667. The number of hydrazone groups is 1. The normalized spacial score (nSPS) is 11.3. The molecular formula is C15H13BrN4. The molecule has 0 aliphatic rings. The number of imidazole rings is 1. The highest BCUT2D eigenvalue weighted by molar-refractivity contribution is 9.10. The lowest BCUT2D eigenvalue weighted by atomic mass is 10.2. The van der Waals surface area contributed by atoms with Crippen LogP contribution in [-0.2, 0) is 0 Å². The largest absolute Gasteiger partial charge is 0.323 e. The maximum atomic E-state index is 4.41. The van der Waals surface area contributed by atoms with Crippen molar-refractivity contribution in [3.8, 4) is 0 Å². The predicted molar refractivity (Wildman–Crippen MR) is 86.2 cm³/mol. The fourth-order valence-corrected chi connectivity index (χ4v) is 2.16. The third-order valence-corrected chi connectivity index (χ3v) is 3.42. The first-order valence-corrected chi connectivity index (χ1v) is 7.01. The highest BCUT2D eigenvalue weighted by Crippen LogP contribution is 2.15. The molecule has 0 spiro atoms. The molecule has 1 heterocycles. The number of halogens is 1. The molecule has 0 amide bonds. The summed E-state index contributed by atoms with van der Waals surface area (Å²) in [4.78, 5) is 7.60. The number of nitrogens with zero attached hydrogens (tertiary/aromatic N) is 2. The number of aromatic nitrogens is 2. The highest BCUT2D eigenvalue weighted by Gasteiger charge is 2.00. The van der Waals surface area contributed by atoms with Crippen molar-refractivity contribution in [2.24, 2.45) is 5.10 Å². The Labute approximate surface area is 125 Å². The minimum Gasteiger partial charge on any atom is -0.323 e. The molecule has 100 valence electrons. The molecule has 0 unspecified atom stereocenters. The quantitative estimate of drug-likeness (QED) is 0.562. The smallest absolute Gasteiger partial charge is 0.222 e. The van der Waals surface area contributed by atoms with Crippen molar-refractivity contribution >= 4 is 39.1 Å². The Morgan fingerprint density at radius 2 is 2.00 bits per heavy atom. The number of H-pyrrole nitrogens is 1. The molecule has 3 rings (SSSR count). The number of aryl methyl sites for hydroxylation is 1. The summed E-state index contributed by atoms with van der Waals surface area (Å²) in [5.41, 5.74) is 7.06. The van der Waals surface area contributed by atoms with Crippen molar-refractivity contribution in [2.45, 2.75) is 6.92 Å². The first-order valence-electron chi connectivity index (χ1n) is 6.22. The van der Waals surface area contributed by atoms with E-state index in [2.05, 4.69) is 49.4 Å². The summed E-state index contributed by atoms with van der Waals surface area (Å²) in [6.07, 6.45) is 1.75. The molecule has 0 bridgehead atoms. The average molecular weight is 329 g/mol. The van der Waals surface area contributed by atoms with Crippen LogP contribution in [0.15, 0.2) is 52.0 Å². The second kappa shape index (κ2) is 5.46. The summed E-state index contributed by atoms with van der Waals surface area (Å²) in [5, 5.41) is 4.18. The summed E-state index contributed by atoms with van der Waals surface area (Å²) < 4.78 is 1.05. The van der Waals surface area contributed by atoms with Gasteiger partial charge in [-0.3, -0.25) is 0 Å². The number of rotatable bonds is 3. The molecule has 20 heavy (non-hydrogen) atoms. The zero-order valence-corrected chi connectivity index (χ0v) is 12.5. The van der Waals surface area contributed by atoms with Crippen LogP contribution in [-0.4, -0.2) is 16.2 Å². The third kappa shape index (κ3) is 2.88. The van der Waals surface area contributed by atoms with Gasteiger partial charge in [-0.25, -0.2) is 10.4 Å². The Morgan fingerprint density at radius 1 is 1.20 bits per heavy atom. The Kier molecular flexibility index (Phi) is 3.52. The van der Waals surface area contributed by atoms with Crippen molar-refractivity contribution in [1.82, 2.24) is 9.97 Å². The Morgan fingerprint density at radius 3 is 2.80 bits per heavy atom. The summed E-state index contributed by atoms with van der Waals surface area (Å²) in [5.74, 6) is 0.638. The molecule has 0 saturated heterocycles. The van der Waals surface area contributed by atoms with E-state index in [1.807, 2.05) is 36.4 Å². The van der Waals surface area contributed by atoms with Gasteiger partial charge in [-0.15, -0.1) is 0 Å². The minimum atomic E-state index is 0.638. The van der Waals surface area contributed by atoms with Crippen LogP contribution < -0.4 is 5.43 Å². The lowest BCUT2D eigenvalue weighted by molar-refractivity contribution is 1.21. The van der Waals surface area contributed by atoms with Crippen molar-refractivity contribution in [3.05, 3.63) is 58.1 Å². The number of nitrogens with one attached hydrogen (secondary N) is 2. The maximum Gasteiger partial charge on any atom is 0.222 e. The van der Waals surface area contributed by atoms with Gasteiger partial charge in [0.1, 0.15) is 0 Å². The molecule has 0 saturated carbocycles. The van der Waals surface area contributed by atoms with Gasteiger partial charge in [-0.2, -0.15) is 5.10 Å². The summed E-state index contributed by atoms with van der Waals surface area (Å²) in [7, 11) is 0. The molecule has 2 aromatic carbocycles. The van der Waals surface area contributed by atoms with Gasteiger partial charge in [0, 0.05) is 4.47 Å². The molecule has 1 aromatic heterocycles. The van der Waals surface area contributed by atoms with Crippen LogP contribution in [0.25, 0.3) is 11.0 Å². The summed E-state index contributed by atoms with van der Waals surface area (Å²) in [6.45, 7) is 2.05. The van der Waals surface area contributed by atoms with Crippen LogP contribution in [0.5, 0.6) is 0 Å². The van der Waals surface area contributed by atoms with Gasteiger partial charge in [-0.1, -0.05) is 34.1 Å².